The summed E-state index contributed by atoms with van der Waals surface area (Å²) >= 11 is 1.59. The highest BCUT2D eigenvalue weighted by Gasteiger charge is 2.24. The summed E-state index contributed by atoms with van der Waals surface area (Å²) in [7, 11) is 0. The number of hydrogen-bond donors (Lipinski definition) is 1. The summed E-state index contributed by atoms with van der Waals surface area (Å²) in [4.78, 5) is 11.7. The van der Waals surface area contributed by atoms with Crippen molar-refractivity contribution in [3.8, 4) is 0 Å². The Balaban J connectivity index is 2.48. The Bertz CT molecular complexity index is 310. The Morgan fingerprint density at radius 3 is 3.18 bits per heavy atom. The monoisotopic (exact) mass is 166 g/mol. The van der Waals surface area contributed by atoms with Crippen molar-refractivity contribution in [2.45, 2.75) is 0 Å². The molecule has 0 radical (unpaired) electrons. The van der Waals surface area contributed by atoms with Gasteiger partial charge < -0.3 is 5.11 Å². The smallest absolute Gasteiger partial charge is 0.333 e. The minimum atomic E-state index is -0.789. The highest BCUT2D eigenvalue weighted by Crippen LogP contribution is 2.39. The molecule has 2 rings (SSSR count). The maximum atomic E-state index is 10.6. The van der Waals surface area contributed by atoms with E-state index in [2.05, 4.69) is 0 Å². The van der Waals surface area contributed by atoms with Gasteiger partial charge in [-0.1, -0.05) is 12.2 Å². The van der Waals surface area contributed by atoms with Gasteiger partial charge in [0.25, 0.3) is 0 Å². The molecular formula is C8H6O2S. The van der Waals surface area contributed by atoms with Crippen molar-refractivity contribution in [2.24, 2.45) is 0 Å². The number of thioether (sulfide) groups is 1. The van der Waals surface area contributed by atoms with Crippen LogP contribution >= 0.6 is 11.8 Å². The molecule has 0 saturated carbocycles. The fourth-order valence-electron chi connectivity index (χ4n) is 1.18. The van der Waals surface area contributed by atoms with E-state index in [4.69, 9.17) is 5.11 Å². The number of aliphatic carboxylic acids is 1. The van der Waals surface area contributed by atoms with Crippen molar-refractivity contribution in [3.63, 3.8) is 0 Å². The summed E-state index contributed by atoms with van der Waals surface area (Å²) in [5, 5.41) is 8.73. The number of carbonyl (C=O) groups is 1. The number of fused-ring (bicyclic) bond motifs is 1. The molecule has 2 nitrogen and oxygen atoms in total. The third-order valence-electron chi connectivity index (χ3n) is 1.73. The largest absolute Gasteiger partial charge is 0.478 e. The zero-order valence-corrected chi connectivity index (χ0v) is 6.52. The summed E-state index contributed by atoms with van der Waals surface area (Å²) in [5.74, 6) is -0.177. The predicted molar refractivity (Wildman–Crippen MR) is 44.3 cm³/mol. The lowest BCUT2D eigenvalue weighted by molar-refractivity contribution is -0.132. The van der Waals surface area contributed by atoms with Crippen molar-refractivity contribution >= 4 is 17.7 Å². The van der Waals surface area contributed by atoms with E-state index in [-0.39, 0.29) is 0 Å². The van der Waals surface area contributed by atoms with E-state index in [0.717, 1.165) is 10.5 Å². The normalized spacial score (nSPS) is 20.5. The molecule has 0 aromatic heterocycles. The van der Waals surface area contributed by atoms with Gasteiger partial charge in [-0.25, -0.2) is 4.79 Å². The van der Waals surface area contributed by atoms with Gasteiger partial charge in [-0.05, 0) is 11.6 Å². The molecule has 0 fully saturated rings. The minimum Gasteiger partial charge on any atom is -0.478 e. The van der Waals surface area contributed by atoms with E-state index in [1.54, 1.807) is 11.8 Å². The highest BCUT2D eigenvalue weighted by molar-refractivity contribution is 8.03. The lowest BCUT2D eigenvalue weighted by Crippen LogP contribution is -2.01. The second-order valence-corrected chi connectivity index (χ2v) is 3.39. The SMILES string of the molecule is O=C(O)C1=C2C=CC=C2SC1. The van der Waals surface area contributed by atoms with Crippen LogP contribution in [0.4, 0.5) is 0 Å². The molecule has 1 aliphatic carbocycles. The van der Waals surface area contributed by atoms with Crippen LogP contribution in [0.25, 0.3) is 0 Å². The zero-order valence-electron chi connectivity index (χ0n) is 5.70. The van der Waals surface area contributed by atoms with E-state index in [1.807, 2.05) is 18.2 Å². The molecule has 56 valence electrons. The molecule has 0 aromatic rings. The van der Waals surface area contributed by atoms with Crippen LogP contribution in [-0.4, -0.2) is 16.8 Å². The average molecular weight is 166 g/mol. The van der Waals surface area contributed by atoms with Crippen LogP contribution in [-0.2, 0) is 4.79 Å². The van der Waals surface area contributed by atoms with E-state index >= 15 is 0 Å². The molecule has 0 amide bonds. The standard InChI is InChI=1S/C8H6O2S/c9-8(10)6-4-11-7-3-1-2-5(6)7/h1-3H,4H2,(H,9,10). The second kappa shape index (κ2) is 2.27. The fourth-order valence-corrected chi connectivity index (χ4v) is 2.28. The van der Waals surface area contributed by atoms with Crippen LogP contribution < -0.4 is 0 Å². The zero-order chi connectivity index (χ0) is 7.84. The first-order valence-corrected chi connectivity index (χ1v) is 4.25. The van der Waals surface area contributed by atoms with Crippen LogP contribution in [0.3, 0.4) is 0 Å². The molecule has 0 spiro atoms. The highest BCUT2D eigenvalue weighted by atomic mass is 32.2. The summed E-state index contributed by atoms with van der Waals surface area (Å²) in [6.07, 6.45) is 5.70. The number of carboxylic acid groups (broad SMARTS) is 1. The minimum absolute atomic E-state index is 0.537. The Morgan fingerprint density at radius 2 is 2.45 bits per heavy atom. The van der Waals surface area contributed by atoms with Gasteiger partial charge in [0.2, 0.25) is 0 Å². The average Bonchev–Trinajstić information content (AvgIpc) is 2.41. The molecule has 0 atom stereocenters. The van der Waals surface area contributed by atoms with Gasteiger partial charge >= 0.3 is 5.97 Å². The van der Waals surface area contributed by atoms with Crippen LogP contribution in [0.2, 0.25) is 0 Å². The Hall–Kier alpha value is -0.960. The van der Waals surface area contributed by atoms with Gasteiger partial charge in [-0.3, -0.25) is 0 Å². The van der Waals surface area contributed by atoms with Gasteiger partial charge in [0.15, 0.2) is 0 Å². The van der Waals surface area contributed by atoms with Crippen molar-refractivity contribution in [2.75, 3.05) is 5.75 Å². The molecule has 0 aromatic carbocycles. The van der Waals surface area contributed by atoms with E-state index in [1.165, 1.54) is 0 Å². The lowest BCUT2D eigenvalue weighted by Gasteiger charge is -1.92. The first-order chi connectivity index (χ1) is 5.29. The predicted octanol–water partition coefficient (Wildman–Crippen LogP) is 1.57. The van der Waals surface area contributed by atoms with Gasteiger partial charge in [0, 0.05) is 10.7 Å². The molecule has 0 unspecified atom stereocenters. The topological polar surface area (TPSA) is 37.3 Å². The van der Waals surface area contributed by atoms with Crippen molar-refractivity contribution < 1.29 is 9.90 Å². The molecule has 0 saturated heterocycles. The van der Waals surface area contributed by atoms with Crippen molar-refractivity contribution in [3.05, 3.63) is 34.3 Å². The van der Waals surface area contributed by atoms with Crippen molar-refractivity contribution in [1.82, 2.24) is 0 Å². The Morgan fingerprint density at radius 1 is 1.64 bits per heavy atom. The molecule has 1 N–H and O–H groups in total. The maximum Gasteiger partial charge on any atom is 0.333 e. The molecule has 3 heteroatoms. The Labute approximate surface area is 68.3 Å². The third-order valence-corrected chi connectivity index (χ3v) is 2.83. The second-order valence-electron chi connectivity index (χ2n) is 2.38. The van der Waals surface area contributed by atoms with Crippen LogP contribution in [0.15, 0.2) is 34.3 Å². The summed E-state index contributed by atoms with van der Waals surface area (Å²) < 4.78 is 0. The number of rotatable bonds is 1. The number of hydrogen-bond acceptors (Lipinski definition) is 2. The van der Waals surface area contributed by atoms with Crippen LogP contribution in [0, 0.1) is 0 Å². The van der Waals surface area contributed by atoms with Crippen molar-refractivity contribution in [1.29, 1.82) is 0 Å². The fraction of sp³-hybridized carbons (Fsp3) is 0.125. The van der Waals surface area contributed by atoms with Gasteiger partial charge in [0.05, 0.1) is 5.57 Å². The third kappa shape index (κ3) is 0.922. The molecule has 1 heterocycles. The Kier molecular flexibility index (Phi) is 1.39. The van der Waals surface area contributed by atoms with Gasteiger partial charge in [-0.2, -0.15) is 0 Å². The van der Waals surface area contributed by atoms with E-state index in [9.17, 15) is 4.79 Å². The molecule has 2 aliphatic rings. The quantitative estimate of drug-likeness (QED) is 0.642. The molecule has 0 bridgehead atoms. The maximum absolute atomic E-state index is 10.6. The number of allylic oxidation sites excluding steroid dienone is 4. The molecule has 11 heavy (non-hydrogen) atoms. The van der Waals surface area contributed by atoms with Gasteiger partial charge in [-0.15, -0.1) is 11.8 Å². The lowest BCUT2D eigenvalue weighted by atomic mass is 10.1. The summed E-state index contributed by atoms with van der Waals surface area (Å²) in [5.41, 5.74) is 1.44. The van der Waals surface area contributed by atoms with E-state index in [0.29, 0.717) is 11.3 Å². The van der Waals surface area contributed by atoms with E-state index < -0.39 is 5.97 Å². The van der Waals surface area contributed by atoms with Crippen LogP contribution in [0.5, 0.6) is 0 Å². The first kappa shape index (κ1) is 6.73. The number of carboxylic acids is 1. The summed E-state index contributed by atoms with van der Waals surface area (Å²) in [6.45, 7) is 0. The van der Waals surface area contributed by atoms with Crippen LogP contribution in [0.1, 0.15) is 0 Å². The van der Waals surface area contributed by atoms with Gasteiger partial charge in [0.1, 0.15) is 0 Å². The molecule has 1 aliphatic heterocycles. The first-order valence-electron chi connectivity index (χ1n) is 3.27. The summed E-state index contributed by atoms with van der Waals surface area (Å²) in [6, 6.07) is 0. The molecular weight excluding hydrogens is 160 g/mol.